The highest BCUT2D eigenvalue weighted by atomic mass is 16.6. The van der Waals surface area contributed by atoms with E-state index in [1.165, 1.54) is 0 Å². The summed E-state index contributed by atoms with van der Waals surface area (Å²) in [5, 5.41) is 2.96. The first-order valence-electron chi connectivity index (χ1n) is 13.6. The highest BCUT2D eigenvalue weighted by Crippen LogP contribution is 2.23. The molecule has 2 aromatic carbocycles. The summed E-state index contributed by atoms with van der Waals surface area (Å²) in [6.07, 6.45) is -0.544. The first kappa shape index (κ1) is 32.0. The molecule has 2 rings (SSSR count). The molecule has 1 N–H and O–H groups in total. The van der Waals surface area contributed by atoms with E-state index in [9.17, 15) is 14.4 Å². The normalized spacial score (nSPS) is 13.5. The zero-order chi connectivity index (χ0) is 29.2. The molecule has 39 heavy (non-hydrogen) atoms. The average Bonchev–Trinajstić information content (AvgIpc) is 2.83. The second-order valence-electron chi connectivity index (χ2n) is 12.3. The zero-order valence-electron chi connectivity index (χ0n) is 24.7. The number of nitrogens with one attached hydrogen (secondary N) is 1. The second kappa shape index (κ2) is 14.3. The van der Waals surface area contributed by atoms with Gasteiger partial charge in [-0.1, -0.05) is 89.2 Å². The number of esters is 3. The van der Waals surface area contributed by atoms with Gasteiger partial charge in [0.1, 0.15) is 18.2 Å². The van der Waals surface area contributed by atoms with E-state index in [4.69, 9.17) is 14.2 Å². The number of hydrogen-bond donors (Lipinski definition) is 1. The smallest absolute Gasteiger partial charge is 0.348 e. The third-order valence-corrected chi connectivity index (χ3v) is 5.89. The van der Waals surface area contributed by atoms with Crippen molar-refractivity contribution in [3.05, 3.63) is 71.3 Å². The maximum Gasteiger partial charge on any atom is 0.348 e. The fourth-order valence-electron chi connectivity index (χ4n) is 3.89. The third-order valence-electron chi connectivity index (χ3n) is 5.89. The summed E-state index contributed by atoms with van der Waals surface area (Å²) in [5.41, 5.74) is 2.20. The van der Waals surface area contributed by atoms with Gasteiger partial charge in [-0.25, -0.2) is 4.79 Å². The maximum atomic E-state index is 13.3. The van der Waals surface area contributed by atoms with Crippen LogP contribution in [0, 0.1) is 5.92 Å². The predicted octanol–water partition coefficient (Wildman–Crippen LogP) is 5.53. The van der Waals surface area contributed by atoms with E-state index in [2.05, 4.69) is 26.1 Å². The lowest BCUT2D eigenvalue weighted by atomic mass is 9.86. The van der Waals surface area contributed by atoms with Gasteiger partial charge in [0.25, 0.3) is 0 Å². The molecule has 7 nitrogen and oxygen atoms in total. The van der Waals surface area contributed by atoms with Gasteiger partial charge in [0.15, 0.2) is 0 Å². The lowest BCUT2D eigenvalue weighted by molar-refractivity contribution is -0.170. The van der Waals surface area contributed by atoms with Crippen molar-refractivity contribution in [2.45, 2.75) is 98.0 Å². The minimum atomic E-state index is -1.14. The number of carbonyl (C=O) groups is 3. The van der Waals surface area contributed by atoms with Gasteiger partial charge in [-0.15, -0.1) is 0 Å². The lowest BCUT2D eigenvalue weighted by Crippen LogP contribution is -2.45. The molecule has 7 heteroatoms. The molecule has 2 aromatic rings. The summed E-state index contributed by atoms with van der Waals surface area (Å²) in [6, 6.07) is 16.5. The Kier molecular flexibility index (Phi) is 11.7. The van der Waals surface area contributed by atoms with Crippen molar-refractivity contribution in [2.24, 2.45) is 5.92 Å². The zero-order valence-corrected chi connectivity index (χ0v) is 24.7. The van der Waals surface area contributed by atoms with Crippen LogP contribution in [-0.2, 0) is 47.0 Å². The van der Waals surface area contributed by atoms with Crippen LogP contribution in [0.15, 0.2) is 54.6 Å². The number of rotatable bonds is 12. The van der Waals surface area contributed by atoms with Crippen molar-refractivity contribution in [2.75, 3.05) is 6.54 Å². The first-order valence-corrected chi connectivity index (χ1v) is 13.6. The molecular weight excluding hydrogens is 494 g/mol. The van der Waals surface area contributed by atoms with Crippen LogP contribution in [0.25, 0.3) is 0 Å². The van der Waals surface area contributed by atoms with E-state index in [1.54, 1.807) is 20.8 Å². The van der Waals surface area contributed by atoms with Crippen molar-refractivity contribution in [1.82, 2.24) is 5.32 Å². The van der Waals surface area contributed by atoms with Gasteiger partial charge >= 0.3 is 17.9 Å². The number of benzene rings is 2. The van der Waals surface area contributed by atoms with Crippen LogP contribution in [0.3, 0.4) is 0 Å². The molecule has 0 bridgehead atoms. The molecule has 214 valence electrons. The van der Waals surface area contributed by atoms with Crippen LogP contribution in [0.5, 0.6) is 0 Å². The first-order chi connectivity index (χ1) is 18.1. The summed E-state index contributed by atoms with van der Waals surface area (Å²) in [7, 11) is 0. The van der Waals surface area contributed by atoms with E-state index in [1.807, 2.05) is 68.4 Å². The molecule has 0 amide bonds. The van der Waals surface area contributed by atoms with Gasteiger partial charge in [0.05, 0.1) is 6.54 Å². The lowest BCUT2D eigenvalue weighted by Gasteiger charge is -2.24. The summed E-state index contributed by atoms with van der Waals surface area (Å²) in [5.74, 6) is -1.56. The van der Waals surface area contributed by atoms with Crippen molar-refractivity contribution < 1.29 is 28.6 Å². The molecule has 0 aliphatic rings. The fourth-order valence-corrected chi connectivity index (χ4v) is 3.89. The summed E-state index contributed by atoms with van der Waals surface area (Å²) in [6.45, 7) is 15.6. The number of ether oxygens (including phenoxy) is 3. The van der Waals surface area contributed by atoms with Crippen molar-refractivity contribution in [3.63, 3.8) is 0 Å². The molecule has 0 heterocycles. The molecule has 0 aliphatic carbocycles. The van der Waals surface area contributed by atoms with E-state index >= 15 is 0 Å². The molecule has 0 saturated carbocycles. The Hall–Kier alpha value is -3.19. The summed E-state index contributed by atoms with van der Waals surface area (Å²) >= 11 is 0. The number of carbonyl (C=O) groups excluding carboxylic acids is 3. The van der Waals surface area contributed by atoms with Crippen LogP contribution >= 0.6 is 0 Å². The van der Waals surface area contributed by atoms with Crippen LogP contribution in [0.4, 0.5) is 0 Å². The van der Waals surface area contributed by atoms with Crippen LogP contribution in [0.1, 0.15) is 78.5 Å². The Bertz CT molecular complexity index is 1060. The van der Waals surface area contributed by atoms with Gasteiger partial charge in [-0.2, -0.15) is 0 Å². The topological polar surface area (TPSA) is 90.9 Å². The number of hydrogen-bond acceptors (Lipinski definition) is 7. The van der Waals surface area contributed by atoms with Gasteiger partial charge in [0, 0.05) is 6.42 Å². The van der Waals surface area contributed by atoms with E-state index in [-0.39, 0.29) is 30.9 Å². The minimum absolute atomic E-state index is 0.0110. The van der Waals surface area contributed by atoms with E-state index in [0.29, 0.717) is 6.42 Å². The van der Waals surface area contributed by atoms with Gasteiger partial charge in [-0.05, 0) is 55.2 Å². The van der Waals surface area contributed by atoms with Gasteiger partial charge < -0.3 is 14.2 Å². The molecule has 0 aromatic heterocycles. The van der Waals surface area contributed by atoms with Crippen molar-refractivity contribution in [1.29, 1.82) is 0 Å². The Morgan fingerprint density at radius 2 is 1.44 bits per heavy atom. The molecule has 0 aliphatic heterocycles. The van der Waals surface area contributed by atoms with Crippen LogP contribution in [-0.4, -0.2) is 42.2 Å². The molecule has 1 unspecified atom stereocenters. The highest BCUT2D eigenvalue weighted by molar-refractivity contribution is 5.83. The monoisotopic (exact) mass is 539 g/mol. The fraction of sp³-hybridized carbons (Fsp3) is 0.531. The average molecular weight is 540 g/mol. The highest BCUT2D eigenvalue weighted by Gasteiger charge is 2.30. The quantitative estimate of drug-likeness (QED) is 0.280. The Morgan fingerprint density at radius 1 is 0.821 bits per heavy atom. The largest absolute Gasteiger partial charge is 0.459 e. The Labute approximate surface area is 233 Å². The van der Waals surface area contributed by atoms with E-state index in [0.717, 1.165) is 16.7 Å². The summed E-state index contributed by atoms with van der Waals surface area (Å²) in [4.78, 5) is 38.7. The molecule has 0 fully saturated rings. The molecule has 0 saturated heterocycles. The van der Waals surface area contributed by atoms with Crippen molar-refractivity contribution >= 4 is 17.9 Å². The maximum absolute atomic E-state index is 13.3. The molecule has 2 atom stereocenters. The third kappa shape index (κ3) is 12.0. The second-order valence-corrected chi connectivity index (χ2v) is 12.3. The predicted molar refractivity (Wildman–Crippen MR) is 152 cm³/mol. The van der Waals surface area contributed by atoms with Gasteiger partial charge in [0.2, 0.25) is 6.10 Å². The molecular formula is C32H45NO6. The summed E-state index contributed by atoms with van der Waals surface area (Å²) < 4.78 is 16.7. The van der Waals surface area contributed by atoms with Gasteiger partial charge in [-0.3, -0.25) is 14.9 Å². The Balaban J connectivity index is 2.19. The Morgan fingerprint density at radius 3 is 1.97 bits per heavy atom. The van der Waals surface area contributed by atoms with Crippen LogP contribution < -0.4 is 5.32 Å². The van der Waals surface area contributed by atoms with Crippen molar-refractivity contribution in [3.8, 4) is 0 Å². The molecule has 0 spiro atoms. The SMILES string of the molecule is CC(C)C[C@H](NCC(=O)OC(C)(C)C)C(=O)OC(Cc1ccc(C(C)(C)C)cc1)C(=O)OCc1ccccc1. The standard InChI is InChI=1S/C32H45NO6/c1-22(2)18-26(33-20-28(34)39-32(6,7)8)29(35)38-27(30(36)37-21-24-12-10-9-11-13-24)19-23-14-16-25(17-15-23)31(3,4)5/h9-17,22,26-27,33H,18-21H2,1-8H3/t26-,27?/m0/s1. The molecule has 0 radical (unpaired) electrons. The van der Waals surface area contributed by atoms with Crippen LogP contribution in [0.2, 0.25) is 0 Å². The van der Waals surface area contributed by atoms with E-state index < -0.39 is 35.7 Å². The minimum Gasteiger partial charge on any atom is -0.459 e.